The fourth-order valence-electron chi connectivity index (χ4n) is 6.04. The topological polar surface area (TPSA) is 79.3 Å². The maximum absolute atomic E-state index is 13.9. The number of methoxy groups -OCH3 is 1. The van der Waals surface area contributed by atoms with E-state index in [4.69, 9.17) is 9.47 Å². The second-order valence-corrected chi connectivity index (χ2v) is 11.5. The number of amides is 1. The third-order valence-electron chi connectivity index (χ3n) is 8.51. The minimum Gasteiger partial charge on any atom is -0.497 e. The highest BCUT2D eigenvalue weighted by atomic mass is 16.5. The van der Waals surface area contributed by atoms with Crippen LogP contribution in [0.25, 0.3) is 0 Å². The highest BCUT2D eigenvalue weighted by molar-refractivity contribution is 6.10. The maximum Gasteiger partial charge on any atom is 0.303 e. The standard InChI is InChI=1S/C35H42N2O5/c1-3-18-37(28-9-5-4-6-10-28)35(40)31-15-14-29(41-2)22-33(31)36-19-16-25(17-20-36)24-42-30-11-7-8-27(21-30)32(23-34(38)39)26-12-13-26/h4-11,14-15,21-22,25-26,32H,3,12-13,16-20,23-24H2,1-2H3,(H,38,39). The Morgan fingerprint density at radius 1 is 0.952 bits per heavy atom. The highest BCUT2D eigenvalue weighted by Gasteiger charge is 2.34. The number of rotatable bonds is 13. The normalized spacial score (nSPS) is 16.1. The lowest BCUT2D eigenvalue weighted by molar-refractivity contribution is -0.137. The summed E-state index contributed by atoms with van der Waals surface area (Å²) in [5.74, 6) is 1.72. The highest BCUT2D eigenvalue weighted by Crippen LogP contribution is 2.45. The van der Waals surface area contributed by atoms with Crippen molar-refractivity contribution in [2.75, 3.05) is 43.2 Å². The van der Waals surface area contributed by atoms with Crippen molar-refractivity contribution in [1.82, 2.24) is 0 Å². The van der Waals surface area contributed by atoms with Gasteiger partial charge in [0, 0.05) is 31.4 Å². The van der Waals surface area contributed by atoms with Crippen molar-refractivity contribution in [3.63, 3.8) is 0 Å². The van der Waals surface area contributed by atoms with E-state index < -0.39 is 5.97 Å². The van der Waals surface area contributed by atoms with E-state index in [1.807, 2.05) is 77.7 Å². The minimum absolute atomic E-state index is 0.00144. The van der Waals surface area contributed by atoms with Gasteiger partial charge in [0.15, 0.2) is 0 Å². The summed E-state index contributed by atoms with van der Waals surface area (Å²) in [6.45, 7) is 4.99. The number of carboxylic acids is 1. The van der Waals surface area contributed by atoms with Crippen LogP contribution in [0.5, 0.6) is 11.5 Å². The molecule has 1 aliphatic heterocycles. The summed E-state index contributed by atoms with van der Waals surface area (Å²) in [6.07, 6.45) is 5.14. The van der Waals surface area contributed by atoms with Crippen LogP contribution in [0.3, 0.4) is 0 Å². The zero-order valence-corrected chi connectivity index (χ0v) is 24.7. The van der Waals surface area contributed by atoms with Crippen molar-refractivity contribution in [1.29, 1.82) is 0 Å². The van der Waals surface area contributed by atoms with Gasteiger partial charge in [-0.05, 0) is 91.8 Å². The van der Waals surface area contributed by atoms with Crippen LogP contribution in [0.15, 0.2) is 72.8 Å². The van der Waals surface area contributed by atoms with Crippen molar-refractivity contribution in [3.05, 3.63) is 83.9 Å². The molecule has 0 aromatic heterocycles. The summed E-state index contributed by atoms with van der Waals surface area (Å²) in [7, 11) is 1.65. The lowest BCUT2D eigenvalue weighted by atomic mass is 9.91. The van der Waals surface area contributed by atoms with Gasteiger partial charge in [0.1, 0.15) is 11.5 Å². The first-order chi connectivity index (χ1) is 20.5. The summed E-state index contributed by atoms with van der Waals surface area (Å²) in [6, 6.07) is 23.6. The number of hydrogen-bond acceptors (Lipinski definition) is 5. The van der Waals surface area contributed by atoms with Crippen LogP contribution in [0.2, 0.25) is 0 Å². The van der Waals surface area contributed by atoms with Crippen molar-refractivity contribution in [2.24, 2.45) is 11.8 Å². The Labute approximate surface area is 249 Å². The molecule has 1 unspecified atom stereocenters. The van der Waals surface area contributed by atoms with Gasteiger partial charge in [-0.15, -0.1) is 0 Å². The number of ether oxygens (including phenoxy) is 2. The summed E-state index contributed by atoms with van der Waals surface area (Å²) in [4.78, 5) is 29.5. The zero-order chi connectivity index (χ0) is 29.5. The van der Waals surface area contributed by atoms with E-state index in [1.54, 1.807) is 7.11 Å². The van der Waals surface area contributed by atoms with Crippen molar-refractivity contribution < 1.29 is 24.2 Å². The lowest BCUT2D eigenvalue weighted by Gasteiger charge is -2.35. The van der Waals surface area contributed by atoms with Gasteiger partial charge < -0.3 is 24.4 Å². The number of hydrogen-bond donors (Lipinski definition) is 1. The molecule has 3 aromatic carbocycles. The first-order valence-electron chi connectivity index (χ1n) is 15.2. The van der Waals surface area contributed by atoms with Gasteiger partial charge in [-0.25, -0.2) is 0 Å². The first kappa shape index (κ1) is 29.5. The molecule has 1 saturated heterocycles. The second-order valence-electron chi connectivity index (χ2n) is 11.5. The summed E-state index contributed by atoms with van der Waals surface area (Å²) >= 11 is 0. The molecular weight excluding hydrogens is 528 g/mol. The van der Waals surface area contributed by atoms with Gasteiger partial charge in [-0.1, -0.05) is 37.3 Å². The number of carbonyl (C=O) groups is 2. The molecule has 0 spiro atoms. The van der Waals surface area contributed by atoms with Gasteiger partial charge in [0.2, 0.25) is 0 Å². The quantitative estimate of drug-likeness (QED) is 0.238. The molecule has 1 amide bonds. The molecule has 7 heteroatoms. The van der Waals surface area contributed by atoms with Gasteiger partial charge in [0.05, 0.1) is 31.4 Å². The van der Waals surface area contributed by atoms with Crippen molar-refractivity contribution >= 4 is 23.3 Å². The number of anilines is 2. The molecule has 222 valence electrons. The number of benzene rings is 3. The third kappa shape index (κ3) is 7.25. The number of nitrogens with zero attached hydrogens (tertiary/aromatic N) is 2. The third-order valence-corrected chi connectivity index (χ3v) is 8.51. The Bertz CT molecular complexity index is 1350. The van der Waals surface area contributed by atoms with E-state index in [0.29, 0.717) is 30.6 Å². The van der Waals surface area contributed by atoms with E-state index in [9.17, 15) is 14.7 Å². The molecular formula is C35H42N2O5. The molecule has 1 aliphatic carbocycles. The molecule has 42 heavy (non-hydrogen) atoms. The number of carbonyl (C=O) groups excluding carboxylic acids is 1. The summed E-state index contributed by atoms with van der Waals surface area (Å²) < 4.78 is 11.8. The molecule has 5 rings (SSSR count). The monoisotopic (exact) mass is 570 g/mol. The summed E-state index contributed by atoms with van der Waals surface area (Å²) in [5, 5.41) is 9.39. The Morgan fingerprint density at radius 3 is 2.38 bits per heavy atom. The Balaban J connectivity index is 1.24. The van der Waals surface area contributed by atoms with Gasteiger partial charge in [-0.3, -0.25) is 9.59 Å². The fourth-order valence-corrected chi connectivity index (χ4v) is 6.04. The molecule has 0 bridgehead atoms. The summed E-state index contributed by atoms with van der Waals surface area (Å²) in [5.41, 5.74) is 3.56. The predicted octanol–water partition coefficient (Wildman–Crippen LogP) is 7.02. The Hall–Kier alpha value is -4.00. The SMILES string of the molecule is CCCN(C(=O)c1ccc(OC)cc1N1CCC(COc2cccc(C(CC(=O)O)C3CC3)c2)CC1)c1ccccc1. The fraction of sp³-hybridized carbons (Fsp3) is 0.429. The van der Waals surface area contributed by atoms with Gasteiger partial charge >= 0.3 is 5.97 Å². The van der Waals surface area contributed by atoms with E-state index in [0.717, 1.165) is 73.6 Å². The van der Waals surface area contributed by atoms with Crippen LogP contribution < -0.4 is 19.3 Å². The van der Waals surface area contributed by atoms with E-state index in [-0.39, 0.29) is 18.2 Å². The molecule has 1 N–H and O–H groups in total. The van der Waals surface area contributed by atoms with Crippen LogP contribution >= 0.6 is 0 Å². The van der Waals surface area contributed by atoms with Crippen molar-refractivity contribution in [3.8, 4) is 11.5 Å². The first-order valence-corrected chi connectivity index (χ1v) is 15.2. The van der Waals surface area contributed by atoms with E-state index in [1.165, 1.54) is 0 Å². The molecule has 1 heterocycles. The van der Waals surface area contributed by atoms with Crippen LogP contribution in [0.1, 0.15) is 67.3 Å². The average Bonchev–Trinajstić information content (AvgIpc) is 3.87. The van der Waals surface area contributed by atoms with Gasteiger partial charge in [-0.2, -0.15) is 0 Å². The molecule has 3 aromatic rings. The van der Waals surface area contributed by atoms with Crippen LogP contribution in [0.4, 0.5) is 11.4 Å². The second kappa shape index (κ2) is 13.8. The van der Waals surface area contributed by atoms with Crippen LogP contribution in [0, 0.1) is 11.8 Å². The zero-order valence-electron chi connectivity index (χ0n) is 24.7. The lowest BCUT2D eigenvalue weighted by Crippen LogP contribution is -2.38. The molecule has 1 atom stereocenters. The molecule has 0 radical (unpaired) electrons. The Kier molecular flexibility index (Phi) is 9.67. The Morgan fingerprint density at radius 2 is 1.71 bits per heavy atom. The molecule has 1 saturated carbocycles. The largest absolute Gasteiger partial charge is 0.497 e. The number of piperidine rings is 1. The molecule has 7 nitrogen and oxygen atoms in total. The minimum atomic E-state index is -0.746. The number of para-hydroxylation sites is 1. The predicted molar refractivity (Wildman–Crippen MR) is 166 cm³/mol. The van der Waals surface area contributed by atoms with E-state index in [2.05, 4.69) is 11.8 Å². The number of carboxylic acid groups (broad SMARTS) is 1. The number of aliphatic carboxylic acids is 1. The van der Waals surface area contributed by atoms with Crippen LogP contribution in [-0.2, 0) is 4.79 Å². The molecule has 2 fully saturated rings. The van der Waals surface area contributed by atoms with Gasteiger partial charge in [0.25, 0.3) is 5.91 Å². The smallest absolute Gasteiger partial charge is 0.303 e. The maximum atomic E-state index is 13.9. The van der Waals surface area contributed by atoms with Crippen LogP contribution in [-0.4, -0.2) is 50.3 Å². The van der Waals surface area contributed by atoms with Crippen molar-refractivity contribution in [2.45, 2.75) is 51.4 Å². The average molecular weight is 571 g/mol. The van der Waals surface area contributed by atoms with E-state index >= 15 is 0 Å². The molecule has 2 aliphatic rings.